The first kappa shape index (κ1) is 23.6. The summed E-state index contributed by atoms with van der Waals surface area (Å²) in [5.74, 6) is -0.169. The fourth-order valence-corrected chi connectivity index (χ4v) is 3.99. The van der Waals surface area contributed by atoms with Crippen molar-refractivity contribution in [2.24, 2.45) is 12.8 Å². The van der Waals surface area contributed by atoms with Crippen LogP contribution >= 0.6 is 0 Å². The number of aryl methyl sites for hydroxylation is 1. The summed E-state index contributed by atoms with van der Waals surface area (Å²) >= 11 is 0. The number of likely N-dealkylation sites (N-methyl/N-ethyl adjacent to an activating group) is 1. The fraction of sp³-hybridized carbons (Fsp3) is 0.360. The van der Waals surface area contributed by atoms with Crippen molar-refractivity contribution in [3.63, 3.8) is 0 Å². The normalized spacial score (nSPS) is 11.6. The Kier molecular flexibility index (Phi) is 7.04. The van der Waals surface area contributed by atoms with Crippen molar-refractivity contribution in [1.29, 1.82) is 0 Å². The number of aromatic nitrogens is 5. The molecule has 178 valence electrons. The number of nitrogens with two attached hydrogens (primary N) is 1. The Hall–Kier alpha value is -3.56. The molecular weight excluding hydrogens is 428 g/mol. The average molecular weight is 461 g/mol. The van der Waals surface area contributed by atoms with Gasteiger partial charge in [0.25, 0.3) is 5.91 Å². The van der Waals surface area contributed by atoms with Crippen LogP contribution in [-0.2, 0) is 20.1 Å². The minimum absolute atomic E-state index is 0.113. The molecule has 1 aromatic carbocycles. The molecule has 1 amide bonds. The van der Waals surface area contributed by atoms with Gasteiger partial charge < -0.3 is 20.5 Å². The number of carbonyl (C=O) groups excluding carboxylic acids is 1. The van der Waals surface area contributed by atoms with Crippen LogP contribution in [0.25, 0.3) is 22.3 Å². The predicted molar refractivity (Wildman–Crippen MR) is 133 cm³/mol. The predicted octanol–water partition coefficient (Wildman–Crippen LogP) is 2.73. The zero-order chi connectivity index (χ0) is 24.2. The van der Waals surface area contributed by atoms with Crippen LogP contribution in [0.2, 0.25) is 0 Å². The van der Waals surface area contributed by atoms with Crippen molar-refractivity contribution in [2.75, 3.05) is 20.1 Å². The van der Waals surface area contributed by atoms with Crippen molar-refractivity contribution in [3.05, 3.63) is 65.9 Å². The smallest absolute Gasteiger partial charge is 0.252 e. The summed E-state index contributed by atoms with van der Waals surface area (Å²) in [5, 5.41) is 8.27. The highest BCUT2D eigenvalue weighted by Gasteiger charge is 2.19. The number of benzene rings is 1. The molecule has 0 aliphatic heterocycles. The van der Waals surface area contributed by atoms with Crippen molar-refractivity contribution in [2.45, 2.75) is 33.0 Å². The minimum atomic E-state index is -0.169. The Balaban J connectivity index is 1.72. The van der Waals surface area contributed by atoms with Gasteiger partial charge in [0.1, 0.15) is 0 Å². The molecule has 34 heavy (non-hydrogen) atoms. The molecule has 4 aromatic rings. The van der Waals surface area contributed by atoms with Gasteiger partial charge in [-0.2, -0.15) is 5.10 Å². The molecule has 9 nitrogen and oxygen atoms in total. The number of carbonyl (C=O) groups is 1. The number of rotatable bonds is 9. The van der Waals surface area contributed by atoms with E-state index in [-0.39, 0.29) is 11.9 Å². The quantitative estimate of drug-likeness (QED) is 0.398. The first-order valence-electron chi connectivity index (χ1n) is 11.5. The lowest BCUT2D eigenvalue weighted by Crippen LogP contribution is -2.25. The van der Waals surface area contributed by atoms with Crippen LogP contribution in [-0.4, -0.2) is 55.3 Å². The number of nitrogens with one attached hydrogen (secondary N) is 1. The van der Waals surface area contributed by atoms with Crippen LogP contribution in [0.5, 0.6) is 0 Å². The Morgan fingerprint density at radius 3 is 2.76 bits per heavy atom. The SMILES string of the molecule is CC(C)n1ncc2c(C(=O)NCc3cncn3C)cc(-c3cccc(CN(C)CCN)c3)nc21. The second kappa shape index (κ2) is 10.1. The van der Waals surface area contributed by atoms with E-state index in [2.05, 4.69) is 53.3 Å². The molecule has 3 heterocycles. The fourth-order valence-electron chi connectivity index (χ4n) is 3.99. The highest BCUT2D eigenvalue weighted by Crippen LogP contribution is 2.27. The highest BCUT2D eigenvalue weighted by atomic mass is 16.1. The maximum Gasteiger partial charge on any atom is 0.252 e. The summed E-state index contributed by atoms with van der Waals surface area (Å²) < 4.78 is 3.74. The molecule has 0 fully saturated rings. The second-order valence-electron chi connectivity index (χ2n) is 8.88. The van der Waals surface area contributed by atoms with Crippen LogP contribution in [0.1, 0.15) is 41.5 Å². The van der Waals surface area contributed by atoms with Crippen LogP contribution in [0.3, 0.4) is 0 Å². The maximum atomic E-state index is 13.3. The topological polar surface area (TPSA) is 107 Å². The summed E-state index contributed by atoms with van der Waals surface area (Å²) in [6, 6.07) is 10.2. The summed E-state index contributed by atoms with van der Waals surface area (Å²) in [7, 11) is 3.96. The van der Waals surface area contributed by atoms with Gasteiger partial charge in [0.2, 0.25) is 0 Å². The summed E-state index contributed by atoms with van der Waals surface area (Å²) in [4.78, 5) is 24.5. The molecule has 0 radical (unpaired) electrons. The van der Waals surface area contributed by atoms with Crippen LogP contribution in [0.4, 0.5) is 0 Å². The van der Waals surface area contributed by atoms with Gasteiger partial charge in [0, 0.05) is 44.5 Å². The zero-order valence-corrected chi connectivity index (χ0v) is 20.2. The van der Waals surface area contributed by atoms with E-state index < -0.39 is 0 Å². The minimum Gasteiger partial charge on any atom is -0.346 e. The van der Waals surface area contributed by atoms with Gasteiger partial charge in [-0.1, -0.05) is 18.2 Å². The molecular formula is C25H32N8O. The Morgan fingerprint density at radius 1 is 1.24 bits per heavy atom. The lowest BCUT2D eigenvalue weighted by Gasteiger charge is -2.16. The van der Waals surface area contributed by atoms with Crippen molar-refractivity contribution in [1.82, 2.24) is 34.5 Å². The van der Waals surface area contributed by atoms with E-state index >= 15 is 0 Å². The first-order chi connectivity index (χ1) is 16.4. The van der Waals surface area contributed by atoms with E-state index in [1.165, 1.54) is 0 Å². The number of imidazole rings is 1. The van der Waals surface area contributed by atoms with E-state index in [1.807, 2.05) is 34.5 Å². The van der Waals surface area contributed by atoms with Gasteiger partial charge in [-0.3, -0.25) is 4.79 Å². The standard InChI is InChI=1S/C25H32N8O/c1-17(2)33-24-22(14-29-33)21(25(34)28-13-20-12-27-16-32(20)4)11-23(30-24)19-7-5-6-18(10-19)15-31(3)9-8-26/h5-7,10-12,14,16-17H,8-9,13,15,26H2,1-4H3,(H,28,34). The second-order valence-corrected chi connectivity index (χ2v) is 8.88. The van der Waals surface area contributed by atoms with Gasteiger partial charge in [-0.15, -0.1) is 0 Å². The molecule has 0 atom stereocenters. The van der Waals surface area contributed by atoms with E-state index in [0.29, 0.717) is 24.3 Å². The van der Waals surface area contributed by atoms with Crippen molar-refractivity contribution >= 4 is 16.9 Å². The lowest BCUT2D eigenvalue weighted by atomic mass is 10.0. The van der Waals surface area contributed by atoms with Gasteiger partial charge in [0.15, 0.2) is 5.65 Å². The summed E-state index contributed by atoms with van der Waals surface area (Å²) in [6.45, 7) is 6.71. The van der Waals surface area contributed by atoms with E-state index in [9.17, 15) is 4.79 Å². The van der Waals surface area contributed by atoms with Gasteiger partial charge in [-0.25, -0.2) is 14.6 Å². The molecule has 0 unspecified atom stereocenters. The molecule has 0 bridgehead atoms. The third-order valence-corrected chi connectivity index (χ3v) is 5.83. The van der Waals surface area contributed by atoms with Gasteiger partial charge in [0.05, 0.1) is 41.4 Å². The van der Waals surface area contributed by atoms with Crippen molar-refractivity contribution < 1.29 is 4.79 Å². The molecule has 0 saturated carbocycles. The molecule has 0 aliphatic carbocycles. The third-order valence-electron chi connectivity index (χ3n) is 5.83. The number of pyridine rings is 1. The molecule has 0 saturated heterocycles. The van der Waals surface area contributed by atoms with Crippen molar-refractivity contribution in [3.8, 4) is 11.3 Å². The molecule has 3 aromatic heterocycles. The number of hydrogen-bond donors (Lipinski definition) is 2. The van der Waals surface area contributed by atoms with E-state index in [0.717, 1.165) is 41.0 Å². The number of fused-ring (bicyclic) bond motifs is 1. The van der Waals surface area contributed by atoms with Crippen LogP contribution < -0.4 is 11.1 Å². The average Bonchev–Trinajstić information content (AvgIpc) is 3.43. The zero-order valence-electron chi connectivity index (χ0n) is 20.2. The monoisotopic (exact) mass is 460 g/mol. The Labute approximate surface area is 199 Å². The molecule has 9 heteroatoms. The van der Waals surface area contributed by atoms with Gasteiger partial charge in [-0.05, 0) is 38.6 Å². The number of amides is 1. The Bertz CT molecular complexity index is 1290. The lowest BCUT2D eigenvalue weighted by molar-refractivity contribution is 0.0951. The largest absolute Gasteiger partial charge is 0.346 e. The molecule has 3 N–H and O–H groups in total. The molecule has 0 spiro atoms. The number of nitrogens with zero attached hydrogens (tertiary/aromatic N) is 6. The van der Waals surface area contributed by atoms with Crippen LogP contribution in [0, 0.1) is 0 Å². The van der Waals surface area contributed by atoms with E-state index in [4.69, 9.17) is 10.7 Å². The van der Waals surface area contributed by atoms with Crippen LogP contribution in [0.15, 0.2) is 49.1 Å². The van der Waals surface area contributed by atoms with E-state index in [1.54, 1.807) is 18.7 Å². The molecule has 0 aliphatic rings. The third kappa shape index (κ3) is 5.00. The van der Waals surface area contributed by atoms with Gasteiger partial charge >= 0.3 is 0 Å². The maximum absolute atomic E-state index is 13.3. The summed E-state index contributed by atoms with van der Waals surface area (Å²) in [6.07, 6.45) is 5.19. The first-order valence-corrected chi connectivity index (χ1v) is 11.5. The Morgan fingerprint density at radius 2 is 2.06 bits per heavy atom. The summed E-state index contributed by atoms with van der Waals surface area (Å²) in [5.41, 5.74) is 10.7. The number of hydrogen-bond acceptors (Lipinski definition) is 6. The molecule has 4 rings (SSSR count). The highest BCUT2D eigenvalue weighted by molar-refractivity contribution is 6.06.